The SMILES string of the molecule is CCn1cc(C#N)c(=O)n(CC(=O)Nc2sc3c(c2C#N)CCCCC3)c1=O. The van der Waals surface area contributed by atoms with Crippen LogP contribution < -0.4 is 16.6 Å². The summed E-state index contributed by atoms with van der Waals surface area (Å²) >= 11 is 1.38. The van der Waals surface area contributed by atoms with E-state index in [1.807, 2.05) is 0 Å². The first-order valence-electron chi connectivity index (χ1n) is 9.09. The van der Waals surface area contributed by atoms with E-state index >= 15 is 0 Å². The molecule has 1 N–H and O–H groups in total. The maximum Gasteiger partial charge on any atom is 0.331 e. The van der Waals surface area contributed by atoms with Crippen molar-refractivity contribution in [3.05, 3.63) is 48.6 Å². The van der Waals surface area contributed by atoms with Crippen LogP contribution in [-0.2, 0) is 30.7 Å². The molecule has 3 rings (SSSR count). The molecule has 9 heteroatoms. The van der Waals surface area contributed by atoms with Gasteiger partial charge in [-0.2, -0.15) is 10.5 Å². The molecule has 2 heterocycles. The van der Waals surface area contributed by atoms with Crippen LogP contribution >= 0.6 is 11.3 Å². The highest BCUT2D eigenvalue weighted by Crippen LogP contribution is 2.36. The van der Waals surface area contributed by atoms with Crippen molar-refractivity contribution >= 4 is 22.2 Å². The Morgan fingerprint density at radius 1 is 1.21 bits per heavy atom. The Morgan fingerprint density at radius 3 is 2.64 bits per heavy atom. The molecular formula is C19H19N5O3S. The van der Waals surface area contributed by atoms with Gasteiger partial charge in [-0.05, 0) is 38.2 Å². The standard InChI is InChI=1S/C19H19N5O3S/c1-2-23-10-12(8-20)18(26)24(19(23)27)11-16(25)22-17-14(9-21)13-6-4-3-5-7-15(13)28-17/h10H,2-7,11H2,1H3,(H,22,25). The Bertz CT molecular complexity index is 1130. The molecule has 2 aromatic rings. The summed E-state index contributed by atoms with van der Waals surface area (Å²) in [6, 6.07) is 3.93. The predicted octanol–water partition coefficient (Wildman–Crippen LogP) is 1.74. The number of hydrogen-bond donors (Lipinski definition) is 1. The number of nitrogens with one attached hydrogen (secondary N) is 1. The first-order valence-corrected chi connectivity index (χ1v) is 9.90. The summed E-state index contributed by atoms with van der Waals surface area (Å²) in [6.07, 6.45) is 6.08. The van der Waals surface area contributed by atoms with Gasteiger partial charge in [-0.3, -0.25) is 14.2 Å². The van der Waals surface area contributed by atoms with Crippen molar-refractivity contribution in [1.82, 2.24) is 9.13 Å². The molecule has 0 aliphatic heterocycles. The molecule has 0 fully saturated rings. The van der Waals surface area contributed by atoms with Crippen LogP contribution in [0.4, 0.5) is 5.00 Å². The van der Waals surface area contributed by atoms with Gasteiger partial charge in [0.15, 0.2) is 0 Å². The fraction of sp³-hybridized carbons (Fsp3) is 0.421. The van der Waals surface area contributed by atoms with E-state index in [1.165, 1.54) is 22.1 Å². The van der Waals surface area contributed by atoms with E-state index in [0.717, 1.165) is 47.1 Å². The van der Waals surface area contributed by atoms with Crippen LogP contribution in [-0.4, -0.2) is 15.0 Å². The average molecular weight is 397 g/mol. The van der Waals surface area contributed by atoms with Crippen molar-refractivity contribution in [2.75, 3.05) is 5.32 Å². The van der Waals surface area contributed by atoms with Crippen molar-refractivity contribution < 1.29 is 4.79 Å². The molecule has 1 amide bonds. The summed E-state index contributed by atoms with van der Waals surface area (Å²) in [4.78, 5) is 38.3. The number of thiophene rings is 1. The second-order valence-electron chi connectivity index (χ2n) is 6.54. The van der Waals surface area contributed by atoms with Gasteiger partial charge in [0.25, 0.3) is 5.56 Å². The van der Waals surface area contributed by atoms with Crippen molar-refractivity contribution in [3.8, 4) is 12.1 Å². The molecule has 144 valence electrons. The van der Waals surface area contributed by atoms with Crippen molar-refractivity contribution in [1.29, 1.82) is 10.5 Å². The van der Waals surface area contributed by atoms with Gasteiger partial charge in [0.2, 0.25) is 5.91 Å². The number of carbonyl (C=O) groups excluding carboxylic acids is 1. The van der Waals surface area contributed by atoms with Gasteiger partial charge in [0.1, 0.15) is 29.2 Å². The molecule has 2 aromatic heterocycles. The van der Waals surface area contributed by atoms with E-state index in [4.69, 9.17) is 5.26 Å². The number of fused-ring (bicyclic) bond motifs is 1. The van der Waals surface area contributed by atoms with Gasteiger partial charge >= 0.3 is 5.69 Å². The lowest BCUT2D eigenvalue weighted by atomic mass is 10.1. The van der Waals surface area contributed by atoms with E-state index < -0.39 is 23.7 Å². The Hall–Kier alpha value is -3.17. The van der Waals surface area contributed by atoms with Gasteiger partial charge in [-0.1, -0.05) is 6.42 Å². The van der Waals surface area contributed by atoms with Gasteiger partial charge < -0.3 is 5.32 Å². The number of hydrogen-bond acceptors (Lipinski definition) is 6. The highest BCUT2D eigenvalue weighted by molar-refractivity contribution is 7.16. The van der Waals surface area contributed by atoms with Crippen molar-refractivity contribution in [2.24, 2.45) is 0 Å². The first-order chi connectivity index (χ1) is 13.5. The molecule has 0 saturated carbocycles. The second kappa shape index (κ2) is 8.24. The lowest BCUT2D eigenvalue weighted by Crippen LogP contribution is -2.43. The molecule has 28 heavy (non-hydrogen) atoms. The van der Waals surface area contributed by atoms with Gasteiger partial charge in [-0.15, -0.1) is 11.3 Å². The summed E-state index contributed by atoms with van der Waals surface area (Å²) < 4.78 is 1.96. The fourth-order valence-electron chi connectivity index (χ4n) is 3.36. The maximum absolute atomic E-state index is 12.5. The van der Waals surface area contributed by atoms with E-state index in [0.29, 0.717) is 10.6 Å². The van der Waals surface area contributed by atoms with Crippen LogP contribution in [0.1, 0.15) is 47.8 Å². The smallest absolute Gasteiger partial charge is 0.315 e. The molecule has 0 radical (unpaired) electrons. The zero-order chi connectivity index (χ0) is 20.3. The van der Waals surface area contributed by atoms with Crippen LogP contribution in [0.25, 0.3) is 0 Å². The Labute approximate surface area is 165 Å². The number of aryl methyl sites for hydroxylation is 2. The molecular weight excluding hydrogens is 378 g/mol. The maximum atomic E-state index is 12.5. The normalized spacial score (nSPS) is 13.1. The zero-order valence-corrected chi connectivity index (χ0v) is 16.3. The third-order valence-corrected chi connectivity index (χ3v) is 5.99. The minimum atomic E-state index is -0.796. The molecule has 8 nitrogen and oxygen atoms in total. The molecule has 0 atom stereocenters. The summed E-state index contributed by atoms with van der Waals surface area (Å²) in [5.41, 5.74) is -0.176. The third kappa shape index (κ3) is 3.62. The number of amides is 1. The minimum absolute atomic E-state index is 0.199. The third-order valence-electron chi connectivity index (χ3n) is 4.79. The molecule has 1 aliphatic carbocycles. The summed E-state index contributed by atoms with van der Waals surface area (Å²) in [5, 5.41) is 21.8. The minimum Gasteiger partial charge on any atom is -0.315 e. The highest BCUT2D eigenvalue weighted by Gasteiger charge is 2.22. The average Bonchev–Trinajstić information content (AvgIpc) is 2.84. The topological polar surface area (TPSA) is 121 Å². The lowest BCUT2D eigenvalue weighted by molar-refractivity contribution is -0.116. The van der Waals surface area contributed by atoms with Crippen LogP contribution in [0.5, 0.6) is 0 Å². The molecule has 1 aliphatic rings. The molecule has 0 spiro atoms. The van der Waals surface area contributed by atoms with E-state index in [-0.39, 0.29) is 12.1 Å². The quantitative estimate of drug-likeness (QED) is 0.788. The van der Waals surface area contributed by atoms with Crippen LogP contribution in [0.15, 0.2) is 15.8 Å². The molecule has 0 unspecified atom stereocenters. The Morgan fingerprint density at radius 2 is 1.96 bits per heavy atom. The lowest BCUT2D eigenvalue weighted by Gasteiger charge is -2.09. The number of nitrogens with zero attached hydrogens (tertiary/aromatic N) is 4. The Balaban J connectivity index is 1.91. The summed E-state index contributed by atoms with van der Waals surface area (Å²) in [7, 11) is 0. The number of aromatic nitrogens is 2. The summed E-state index contributed by atoms with van der Waals surface area (Å²) in [5.74, 6) is -0.579. The monoisotopic (exact) mass is 397 g/mol. The molecule has 0 aromatic carbocycles. The Kier molecular flexibility index (Phi) is 5.76. The van der Waals surface area contributed by atoms with Crippen molar-refractivity contribution in [3.63, 3.8) is 0 Å². The van der Waals surface area contributed by atoms with Crippen LogP contribution in [0.2, 0.25) is 0 Å². The first kappa shape index (κ1) is 19.6. The van der Waals surface area contributed by atoms with Crippen molar-refractivity contribution in [2.45, 2.75) is 52.1 Å². The molecule has 0 bridgehead atoms. The number of nitriles is 2. The zero-order valence-electron chi connectivity index (χ0n) is 15.4. The van der Waals surface area contributed by atoms with E-state index in [9.17, 15) is 19.6 Å². The van der Waals surface area contributed by atoms with Gasteiger partial charge in [0, 0.05) is 17.6 Å². The van der Waals surface area contributed by atoms with Gasteiger partial charge in [-0.25, -0.2) is 9.36 Å². The van der Waals surface area contributed by atoms with E-state index in [1.54, 1.807) is 13.0 Å². The van der Waals surface area contributed by atoms with Crippen LogP contribution in [0, 0.1) is 22.7 Å². The largest absolute Gasteiger partial charge is 0.331 e. The van der Waals surface area contributed by atoms with Gasteiger partial charge in [0.05, 0.1) is 5.56 Å². The highest BCUT2D eigenvalue weighted by atomic mass is 32.1. The molecule has 0 saturated heterocycles. The number of rotatable bonds is 4. The fourth-order valence-corrected chi connectivity index (χ4v) is 4.61. The second-order valence-corrected chi connectivity index (χ2v) is 7.65. The summed E-state index contributed by atoms with van der Waals surface area (Å²) in [6.45, 7) is 1.46. The van der Waals surface area contributed by atoms with Crippen LogP contribution in [0.3, 0.4) is 0 Å². The number of anilines is 1. The van der Waals surface area contributed by atoms with E-state index in [2.05, 4.69) is 11.4 Å². The predicted molar refractivity (Wildman–Crippen MR) is 104 cm³/mol. The number of carbonyl (C=O) groups is 1.